The van der Waals surface area contributed by atoms with Gasteiger partial charge in [-0.1, -0.05) is 13.3 Å². The summed E-state index contributed by atoms with van der Waals surface area (Å²) in [6, 6.07) is 2.76. The summed E-state index contributed by atoms with van der Waals surface area (Å²) in [7, 11) is 0. The molecule has 1 N–H and O–H groups in total. The van der Waals surface area contributed by atoms with Gasteiger partial charge < -0.3 is 0 Å². The van der Waals surface area contributed by atoms with E-state index < -0.39 is 23.9 Å². The third-order valence-corrected chi connectivity index (χ3v) is 3.66. The van der Waals surface area contributed by atoms with Gasteiger partial charge in [0.15, 0.2) is 5.69 Å². The molecule has 3 aromatic rings. The number of alkyl halides is 6. The van der Waals surface area contributed by atoms with Gasteiger partial charge in [0.25, 0.3) is 0 Å². The van der Waals surface area contributed by atoms with Crippen molar-refractivity contribution in [3.63, 3.8) is 0 Å². The number of aryl methyl sites for hydroxylation is 1. The topological polar surface area (TPSA) is 46.5 Å². The van der Waals surface area contributed by atoms with Gasteiger partial charge in [0.2, 0.25) is 5.82 Å². The van der Waals surface area contributed by atoms with Gasteiger partial charge in [0.05, 0.1) is 11.7 Å². The maximum absolute atomic E-state index is 13.2. The third kappa shape index (κ3) is 3.20. The third-order valence-electron chi connectivity index (χ3n) is 3.66. The molecular weight excluding hydrogens is 350 g/mol. The van der Waals surface area contributed by atoms with E-state index in [4.69, 9.17) is 0 Å². The van der Waals surface area contributed by atoms with E-state index in [1.165, 1.54) is 18.3 Å². The van der Waals surface area contributed by atoms with Crippen LogP contribution >= 0.6 is 0 Å². The van der Waals surface area contributed by atoms with Crippen LogP contribution in [0.25, 0.3) is 16.6 Å². The maximum Gasteiger partial charge on any atom is 0.450 e. The lowest BCUT2D eigenvalue weighted by molar-refractivity contribution is -0.150. The van der Waals surface area contributed by atoms with E-state index in [9.17, 15) is 26.3 Å². The fourth-order valence-corrected chi connectivity index (χ4v) is 2.63. The molecule has 0 aliphatic heterocycles. The zero-order valence-corrected chi connectivity index (χ0v) is 12.8. The molecule has 0 saturated carbocycles. The molecule has 0 aliphatic rings. The van der Waals surface area contributed by atoms with Crippen LogP contribution in [0.2, 0.25) is 0 Å². The number of H-pyrrole nitrogens is 1. The lowest BCUT2D eigenvalue weighted by Gasteiger charge is -2.12. The standard InChI is InChI=1S/C15H12F6N4/c1-2-3-8-4-10(5-9-6-22-24-12(8)9)25-7-11(14(16,17)18)23-13(25)15(19,20)21/h4-7H,2-3H2,1H3,(H,22,24). The van der Waals surface area contributed by atoms with Crippen LogP contribution < -0.4 is 0 Å². The average Bonchev–Trinajstić information content (AvgIpc) is 3.13. The van der Waals surface area contributed by atoms with Gasteiger partial charge in [-0.05, 0) is 24.1 Å². The molecule has 0 atom stereocenters. The molecule has 0 unspecified atom stereocenters. The van der Waals surface area contributed by atoms with E-state index in [1.54, 1.807) is 0 Å². The van der Waals surface area contributed by atoms with Gasteiger partial charge in [-0.2, -0.15) is 31.4 Å². The Balaban J connectivity index is 2.25. The van der Waals surface area contributed by atoms with Gasteiger partial charge in [-0.15, -0.1) is 0 Å². The highest BCUT2D eigenvalue weighted by Crippen LogP contribution is 2.36. The fraction of sp³-hybridized carbons (Fsp3) is 0.333. The lowest BCUT2D eigenvalue weighted by Crippen LogP contribution is -2.14. The number of rotatable bonds is 3. The van der Waals surface area contributed by atoms with E-state index in [-0.39, 0.29) is 5.69 Å². The van der Waals surface area contributed by atoms with Crippen LogP contribution in [0.5, 0.6) is 0 Å². The summed E-state index contributed by atoms with van der Waals surface area (Å²) in [6.45, 7) is 1.88. The van der Waals surface area contributed by atoms with Gasteiger partial charge in [0, 0.05) is 17.3 Å². The van der Waals surface area contributed by atoms with E-state index in [0.29, 0.717) is 40.1 Å². The van der Waals surface area contributed by atoms with Crippen LogP contribution in [0.15, 0.2) is 24.5 Å². The number of fused-ring (bicyclic) bond motifs is 1. The van der Waals surface area contributed by atoms with Crippen LogP contribution in [0.3, 0.4) is 0 Å². The lowest BCUT2D eigenvalue weighted by atomic mass is 10.1. The summed E-state index contributed by atoms with van der Waals surface area (Å²) in [4.78, 5) is 2.76. The number of hydrogen-bond donors (Lipinski definition) is 1. The van der Waals surface area contributed by atoms with Gasteiger partial charge in [0.1, 0.15) is 0 Å². The van der Waals surface area contributed by atoms with E-state index in [0.717, 1.165) is 0 Å². The molecule has 1 aromatic carbocycles. The molecule has 0 saturated heterocycles. The first-order chi connectivity index (χ1) is 11.6. The number of nitrogens with zero attached hydrogens (tertiary/aromatic N) is 3. The Bertz CT molecular complexity index is 903. The molecule has 0 aliphatic carbocycles. The molecule has 4 nitrogen and oxygen atoms in total. The molecule has 3 rings (SSSR count). The van der Waals surface area contributed by atoms with Gasteiger partial charge >= 0.3 is 12.4 Å². The van der Waals surface area contributed by atoms with Crippen molar-refractivity contribution in [3.05, 3.63) is 41.6 Å². The van der Waals surface area contributed by atoms with Crippen molar-refractivity contribution >= 4 is 10.9 Å². The monoisotopic (exact) mass is 362 g/mol. The molecular formula is C15H12F6N4. The van der Waals surface area contributed by atoms with E-state index >= 15 is 0 Å². The van der Waals surface area contributed by atoms with Crippen LogP contribution in [0, 0.1) is 0 Å². The van der Waals surface area contributed by atoms with Crippen LogP contribution in [-0.4, -0.2) is 19.7 Å². The minimum atomic E-state index is -5.03. The summed E-state index contributed by atoms with van der Waals surface area (Å²) in [6.07, 6.45) is -6.99. The maximum atomic E-state index is 13.2. The quantitative estimate of drug-likeness (QED) is 0.684. The Morgan fingerprint density at radius 2 is 1.80 bits per heavy atom. The summed E-state index contributed by atoms with van der Waals surface area (Å²) < 4.78 is 78.4. The van der Waals surface area contributed by atoms with Crippen molar-refractivity contribution in [3.8, 4) is 5.69 Å². The largest absolute Gasteiger partial charge is 0.450 e. The zero-order valence-electron chi connectivity index (χ0n) is 12.8. The first-order valence-corrected chi connectivity index (χ1v) is 7.31. The number of benzene rings is 1. The highest BCUT2D eigenvalue weighted by atomic mass is 19.4. The second kappa shape index (κ2) is 5.78. The highest BCUT2D eigenvalue weighted by molar-refractivity contribution is 5.83. The van der Waals surface area contributed by atoms with Crippen LogP contribution in [-0.2, 0) is 18.8 Å². The molecule has 2 heterocycles. The van der Waals surface area contributed by atoms with Crippen molar-refractivity contribution < 1.29 is 26.3 Å². The predicted molar refractivity (Wildman–Crippen MR) is 77.2 cm³/mol. The fourth-order valence-electron chi connectivity index (χ4n) is 2.63. The number of hydrogen-bond acceptors (Lipinski definition) is 2. The molecule has 25 heavy (non-hydrogen) atoms. The van der Waals surface area contributed by atoms with Crippen molar-refractivity contribution in [2.45, 2.75) is 32.1 Å². The van der Waals surface area contributed by atoms with Crippen molar-refractivity contribution in [2.75, 3.05) is 0 Å². The van der Waals surface area contributed by atoms with E-state index in [2.05, 4.69) is 15.2 Å². The molecule has 2 aromatic heterocycles. The molecule has 0 bridgehead atoms. The Labute approximate surface area is 137 Å². The normalized spacial score (nSPS) is 12.9. The number of imidazole rings is 1. The predicted octanol–water partition coefficient (Wildman–Crippen LogP) is 4.74. The number of aromatic amines is 1. The Morgan fingerprint density at radius 1 is 1.08 bits per heavy atom. The highest BCUT2D eigenvalue weighted by Gasteiger charge is 2.42. The van der Waals surface area contributed by atoms with E-state index in [1.807, 2.05) is 6.92 Å². The number of nitrogens with one attached hydrogen (secondary N) is 1. The van der Waals surface area contributed by atoms with Gasteiger partial charge in [-0.3, -0.25) is 9.67 Å². The van der Waals surface area contributed by atoms with Crippen LogP contribution in [0.4, 0.5) is 26.3 Å². The SMILES string of the molecule is CCCc1cc(-n2cc(C(F)(F)F)nc2C(F)(F)F)cc2cn[nH]c12. The first-order valence-electron chi connectivity index (χ1n) is 7.31. The second-order valence-electron chi connectivity index (χ2n) is 5.50. The molecule has 0 amide bonds. The smallest absolute Gasteiger partial charge is 0.296 e. The summed E-state index contributed by atoms with van der Waals surface area (Å²) in [5.41, 5.74) is -0.324. The first kappa shape index (κ1) is 17.3. The summed E-state index contributed by atoms with van der Waals surface area (Å²) in [5, 5.41) is 7.10. The Hall–Kier alpha value is -2.52. The minimum Gasteiger partial charge on any atom is -0.296 e. The summed E-state index contributed by atoms with van der Waals surface area (Å²) >= 11 is 0. The number of aromatic nitrogens is 4. The number of halogens is 6. The Kier molecular flexibility index (Phi) is 4.00. The Morgan fingerprint density at radius 3 is 2.40 bits per heavy atom. The molecule has 0 spiro atoms. The molecule has 10 heteroatoms. The minimum absolute atomic E-state index is 0.0484. The van der Waals surface area contributed by atoms with Gasteiger partial charge in [-0.25, -0.2) is 4.98 Å². The van der Waals surface area contributed by atoms with Crippen molar-refractivity contribution in [2.24, 2.45) is 0 Å². The van der Waals surface area contributed by atoms with Crippen LogP contribution in [0.1, 0.15) is 30.4 Å². The molecule has 0 radical (unpaired) electrons. The van der Waals surface area contributed by atoms with Crippen molar-refractivity contribution in [1.82, 2.24) is 19.7 Å². The average molecular weight is 362 g/mol. The molecule has 134 valence electrons. The molecule has 0 fully saturated rings. The van der Waals surface area contributed by atoms with Crippen molar-refractivity contribution in [1.29, 1.82) is 0 Å². The second-order valence-corrected chi connectivity index (χ2v) is 5.50. The summed E-state index contributed by atoms with van der Waals surface area (Å²) in [5.74, 6) is -1.62. The zero-order chi connectivity index (χ0) is 18.4.